The Bertz CT molecular complexity index is 1510. The Labute approximate surface area is 211 Å². The Morgan fingerprint density at radius 3 is 2.62 bits per heavy atom. The van der Waals surface area contributed by atoms with Crippen LogP contribution in [0.25, 0.3) is 16.9 Å². The zero-order valence-electron chi connectivity index (χ0n) is 20.3. The molecule has 1 saturated heterocycles. The van der Waals surface area contributed by atoms with Crippen LogP contribution in [-0.4, -0.2) is 43.5 Å². The summed E-state index contributed by atoms with van der Waals surface area (Å²) in [5, 5.41) is 8.98. The average molecular weight is 508 g/mol. The second-order valence-corrected chi connectivity index (χ2v) is 9.48. The Balaban J connectivity index is 1.37. The van der Waals surface area contributed by atoms with Gasteiger partial charge in [0.05, 0.1) is 42.6 Å². The summed E-state index contributed by atoms with van der Waals surface area (Å²) in [6.07, 6.45) is 6.31. The number of piperidine rings is 1. The third-order valence-electron chi connectivity index (χ3n) is 7.32. The van der Waals surface area contributed by atoms with Gasteiger partial charge in [-0.3, -0.25) is 9.48 Å². The molecule has 4 heterocycles. The minimum Gasteiger partial charge on any atom is -0.493 e. The summed E-state index contributed by atoms with van der Waals surface area (Å²) >= 11 is 0. The highest BCUT2D eigenvalue weighted by Gasteiger charge is 2.43. The third-order valence-corrected chi connectivity index (χ3v) is 7.32. The topological polar surface area (TPSA) is 65.2 Å². The van der Waals surface area contributed by atoms with Crippen LogP contribution < -0.4 is 4.74 Å². The second-order valence-electron chi connectivity index (χ2n) is 9.48. The Morgan fingerprint density at radius 1 is 1.11 bits per heavy atom. The number of fused-ring (bicyclic) bond motifs is 4. The molecule has 2 aliphatic heterocycles. The van der Waals surface area contributed by atoms with Gasteiger partial charge in [0.15, 0.2) is 23.2 Å². The third kappa shape index (κ3) is 3.78. The fraction of sp³-hybridized carbons (Fsp3) is 0.296. The minimum absolute atomic E-state index is 0.0923. The van der Waals surface area contributed by atoms with Gasteiger partial charge in [-0.05, 0) is 56.0 Å². The molecule has 10 heteroatoms. The molecule has 0 saturated carbocycles. The average Bonchev–Trinajstić information content (AvgIpc) is 3.51. The molecule has 2 aliphatic rings. The first-order chi connectivity index (χ1) is 17.9. The number of ether oxygens (including phenoxy) is 1. The predicted molar refractivity (Wildman–Crippen MR) is 129 cm³/mol. The molecule has 0 radical (unpaired) electrons. The maximum absolute atomic E-state index is 14.0. The van der Waals surface area contributed by atoms with Gasteiger partial charge in [-0.1, -0.05) is 6.07 Å². The highest BCUT2D eigenvalue weighted by atomic mass is 19.2. The molecule has 0 spiro atoms. The number of methoxy groups -OCH3 is 1. The number of carbonyl (C=O) groups excluding carboxylic acids is 1. The number of aryl methyl sites for hydroxylation is 1. The predicted octanol–water partition coefficient (Wildman–Crippen LogP) is 4.99. The lowest BCUT2D eigenvalue weighted by Gasteiger charge is -2.45. The van der Waals surface area contributed by atoms with Crippen LogP contribution in [-0.2, 0) is 13.5 Å². The highest BCUT2D eigenvalue weighted by Crippen LogP contribution is 2.45. The van der Waals surface area contributed by atoms with Crippen molar-refractivity contribution in [2.24, 2.45) is 7.05 Å². The number of benzene rings is 2. The largest absolute Gasteiger partial charge is 0.493 e. The molecule has 4 aromatic rings. The molecule has 1 amide bonds. The molecule has 6 rings (SSSR count). The first kappa shape index (κ1) is 23.3. The second kappa shape index (κ2) is 8.79. The molecule has 7 nitrogen and oxygen atoms in total. The normalized spacial score (nSPS) is 18.6. The maximum atomic E-state index is 14.0. The lowest BCUT2D eigenvalue weighted by atomic mass is 9.81. The van der Waals surface area contributed by atoms with Gasteiger partial charge in [0.1, 0.15) is 0 Å². The van der Waals surface area contributed by atoms with Crippen LogP contribution >= 0.6 is 0 Å². The molecule has 2 aromatic heterocycles. The van der Waals surface area contributed by atoms with Gasteiger partial charge >= 0.3 is 0 Å². The van der Waals surface area contributed by atoms with E-state index in [0.29, 0.717) is 23.4 Å². The molecule has 0 N–H and O–H groups in total. The highest BCUT2D eigenvalue weighted by molar-refractivity contribution is 5.95. The SMILES string of the molecule is COc1cnn(-c2cccc(C(=O)N3C4CCCC3c3nn(C)c(-c5cc(F)c(F)c(F)c5)c3C4)c2)c1. The molecular weight excluding hydrogens is 483 g/mol. The molecule has 2 unspecified atom stereocenters. The number of aromatic nitrogens is 4. The quantitative estimate of drug-likeness (QED) is 0.365. The zero-order chi connectivity index (χ0) is 25.8. The molecule has 2 atom stereocenters. The molecule has 2 bridgehead atoms. The van der Waals surface area contributed by atoms with Crippen molar-refractivity contribution in [1.82, 2.24) is 24.5 Å². The fourth-order valence-electron chi connectivity index (χ4n) is 5.69. The molecule has 190 valence electrons. The van der Waals surface area contributed by atoms with E-state index in [4.69, 9.17) is 4.74 Å². The monoisotopic (exact) mass is 507 g/mol. The van der Waals surface area contributed by atoms with Gasteiger partial charge in [0, 0.05) is 29.8 Å². The van der Waals surface area contributed by atoms with Crippen molar-refractivity contribution in [2.75, 3.05) is 7.11 Å². The van der Waals surface area contributed by atoms with Crippen molar-refractivity contribution in [1.29, 1.82) is 0 Å². The zero-order valence-corrected chi connectivity index (χ0v) is 20.3. The molecule has 0 aliphatic carbocycles. The lowest BCUT2D eigenvalue weighted by Crippen LogP contribution is -2.49. The molecule has 1 fully saturated rings. The van der Waals surface area contributed by atoms with E-state index in [1.54, 1.807) is 48.0 Å². The summed E-state index contributed by atoms with van der Waals surface area (Å²) in [4.78, 5) is 15.8. The van der Waals surface area contributed by atoms with Gasteiger partial charge < -0.3 is 9.64 Å². The first-order valence-electron chi connectivity index (χ1n) is 12.1. The summed E-state index contributed by atoms with van der Waals surface area (Å²) in [5.74, 6) is -3.47. The molecule has 2 aromatic carbocycles. The van der Waals surface area contributed by atoms with Crippen LogP contribution in [0.5, 0.6) is 5.75 Å². The van der Waals surface area contributed by atoms with Gasteiger partial charge in [-0.25, -0.2) is 17.9 Å². The van der Waals surface area contributed by atoms with E-state index in [0.717, 1.165) is 48.3 Å². The van der Waals surface area contributed by atoms with Crippen LogP contribution in [0.4, 0.5) is 13.2 Å². The number of hydrogen-bond donors (Lipinski definition) is 0. The van der Waals surface area contributed by atoms with Crippen LogP contribution in [0.15, 0.2) is 48.8 Å². The van der Waals surface area contributed by atoms with Crippen molar-refractivity contribution in [3.8, 4) is 22.7 Å². The van der Waals surface area contributed by atoms with E-state index in [1.807, 2.05) is 17.0 Å². The first-order valence-corrected chi connectivity index (χ1v) is 12.1. The number of amides is 1. The number of nitrogens with zero attached hydrogens (tertiary/aromatic N) is 5. The Hall–Kier alpha value is -4.08. The van der Waals surface area contributed by atoms with E-state index >= 15 is 0 Å². The Kier molecular flexibility index (Phi) is 5.54. The van der Waals surface area contributed by atoms with Gasteiger partial charge in [0.25, 0.3) is 5.91 Å². The summed E-state index contributed by atoms with van der Waals surface area (Å²) in [6, 6.07) is 8.91. The molecular formula is C27H24F3N5O2. The van der Waals surface area contributed by atoms with Crippen LogP contribution in [0.1, 0.15) is 46.9 Å². The number of hydrogen-bond acceptors (Lipinski definition) is 4. The Morgan fingerprint density at radius 2 is 1.89 bits per heavy atom. The standard InChI is InChI=1S/C27H24F3N5O2/c1-33-26(16-10-21(28)24(30)22(29)11-16)20-12-18-7-4-8-23(25(20)32-33)35(18)27(36)15-5-3-6-17(9-15)34-14-19(37-2)13-31-34/h3,5-6,9-11,13-14,18,23H,4,7-8,12H2,1-2H3. The fourth-order valence-corrected chi connectivity index (χ4v) is 5.69. The van der Waals surface area contributed by atoms with E-state index in [-0.39, 0.29) is 23.6 Å². The van der Waals surface area contributed by atoms with Gasteiger partial charge in [0.2, 0.25) is 0 Å². The van der Waals surface area contributed by atoms with Crippen molar-refractivity contribution in [3.05, 3.63) is 83.1 Å². The maximum Gasteiger partial charge on any atom is 0.254 e. The van der Waals surface area contributed by atoms with Crippen molar-refractivity contribution < 1.29 is 22.7 Å². The van der Waals surface area contributed by atoms with Gasteiger partial charge in [-0.15, -0.1) is 0 Å². The van der Waals surface area contributed by atoms with Crippen LogP contribution in [0.2, 0.25) is 0 Å². The van der Waals surface area contributed by atoms with E-state index in [2.05, 4.69) is 10.2 Å². The van der Waals surface area contributed by atoms with E-state index in [1.165, 1.54) is 0 Å². The minimum atomic E-state index is -1.50. The number of carbonyl (C=O) groups is 1. The summed E-state index contributed by atoms with van der Waals surface area (Å²) in [5.41, 5.74) is 3.62. The summed E-state index contributed by atoms with van der Waals surface area (Å²) < 4.78 is 50.1. The number of rotatable bonds is 4. The van der Waals surface area contributed by atoms with E-state index < -0.39 is 17.5 Å². The van der Waals surface area contributed by atoms with Crippen molar-refractivity contribution >= 4 is 5.91 Å². The van der Waals surface area contributed by atoms with Crippen molar-refractivity contribution in [3.63, 3.8) is 0 Å². The van der Waals surface area contributed by atoms with Crippen molar-refractivity contribution in [2.45, 2.75) is 37.8 Å². The smallest absolute Gasteiger partial charge is 0.254 e. The van der Waals surface area contributed by atoms with E-state index in [9.17, 15) is 18.0 Å². The van der Waals surface area contributed by atoms with Gasteiger partial charge in [-0.2, -0.15) is 10.2 Å². The summed E-state index contributed by atoms with van der Waals surface area (Å²) in [7, 11) is 3.27. The lowest BCUT2D eigenvalue weighted by molar-refractivity contribution is 0.0392. The van der Waals surface area contributed by atoms with Crippen LogP contribution in [0.3, 0.4) is 0 Å². The molecule has 37 heavy (non-hydrogen) atoms. The number of halogens is 3. The van der Waals surface area contributed by atoms with Crippen LogP contribution in [0, 0.1) is 17.5 Å². The summed E-state index contributed by atoms with van der Waals surface area (Å²) in [6.45, 7) is 0.